The van der Waals surface area contributed by atoms with Gasteiger partial charge in [0.1, 0.15) is 23.9 Å². The molecular weight excluding hydrogens is 589 g/mol. The number of aliphatic hydroxyl groups excluding tert-OH is 1. The number of nitrogens with two attached hydrogens (primary N) is 1. The molecular formula is C32H52NO10P. The van der Waals surface area contributed by atoms with Crippen LogP contribution in [0.1, 0.15) is 90.9 Å². The Morgan fingerprint density at radius 1 is 1.20 bits per heavy atom. The smallest absolute Gasteiger partial charge is 0.462 e. The van der Waals surface area contributed by atoms with Crippen molar-refractivity contribution in [3.05, 3.63) is 48.6 Å². The van der Waals surface area contributed by atoms with Crippen molar-refractivity contribution in [3.8, 4) is 0 Å². The Morgan fingerprint density at radius 2 is 1.98 bits per heavy atom. The van der Waals surface area contributed by atoms with Gasteiger partial charge in [0.2, 0.25) is 0 Å². The van der Waals surface area contributed by atoms with Gasteiger partial charge in [0.25, 0.3) is 0 Å². The third-order valence-corrected chi connectivity index (χ3v) is 8.58. The number of aliphatic hydroxyl groups is 2. The summed E-state index contributed by atoms with van der Waals surface area (Å²) in [6.07, 6.45) is 17.3. The number of hydrogen-bond donors (Lipinski definition) is 5. The van der Waals surface area contributed by atoms with Crippen molar-refractivity contribution >= 4 is 19.8 Å². The topological polar surface area (TPSA) is 186 Å². The van der Waals surface area contributed by atoms with Crippen molar-refractivity contribution in [2.24, 2.45) is 17.6 Å². The molecule has 2 aliphatic rings. The lowest BCUT2D eigenvalue weighted by molar-refractivity contribution is -0.151. The molecule has 1 aliphatic heterocycles. The molecule has 1 saturated carbocycles. The molecule has 6 N–H and O–H groups in total. The Bertz CT molecular complexity index is 1050. The minimum atomic E-state index is -5.07. The maximum absolute atomic E-state index is 12.2. The van der Waals surface area contributed by atoms with Gasteiger partial charge in [0, 0.05) is 24.8 Å². The fourth-order valence-corrected chi connectivity index (χ4v) is 6.19. The van der Waals surface area contributed by atoms with Gasteiger partial charge in [-0.25, -0.2) is 9.36 Å². The first kappa shape index (κ1) is 38.1. The van der Waals surface area contributed by atoms with Gasteiger partial charge in [-0.3, -0.25) is 9.32 Å². The standard InChI is InChI=1S/C32H52NO10P/c1-3-5-6-7-15-30(35)41-27-14-10-12-24(22-27)11-8-9-13-26(34)23-29(43-44(38,39)40)32(37,20-21-33)19-18-28-25(4-2)16-17-31(36)42-28/h8-9,11,13,16-19,24-29,34,37H,3-7,10,12,14-15,20-23,33H2,1-2H3,(H2,38,39,40). The van der Waals surface area contributed by atoms with Crippen molar-refractivity contribution in [2.75, 3.05) is 6.54 Å². The minimum Gasteiger partial charge on any atom is -0.462 e. The number of rotatable bonds is 19. The highest BCUT2D eigenvalue weighted by Crippen LogP contribution is 2.42. The molecule has 0 aromatic heterocycles. The van der Waals surface area contributed by atoms with Crippen LogP contribution in [0.3, 0.4) is 0 Å². The molecule has 250 valence electrons. The quantitative estimate of drug-likeness (QED) is 0.0438. The summed E-state index contributed by atoms with van der Waals surface area (Å²) in [7, 11) is -5.07. The lowest BCUT2D eigenvalue weighted by atomic mass is 9.86. The van der Waals surface area contributed by atoms with Crippen molar-refractivity contribution in [2.45, 2.75) is 121 Å². The zero-order valence-electron chi connectivity index (χ0n) is 26.0. The zero-order chi connectivity index (χ0) is 32.6. The third-order valence-electron chi connectivity index (χ3n) is 8.05. The van der Waals surface area contributed by atoms with Crippen LogP contribution in [0.2, 0.25) is 0 Å². The first-order chi connectivity index (χ1) is 20.9. The van der Waals surface area contributed by atoms with Crippen LogP contribution in [0.15, 0.2) is 48.6 Å². The predicted molar refractivity (Wildman–Crippen MR) is 167 cm³/mol. The third kappa shape index (κ3) is 14.3. The molecule has 44 heavy (non-hydrogen) atoms. The van der Waals surface area contributed by atoms with Crippen LogP contribution in [-0.4, -0.2) is 68.5 Å². The lowest BCUT2D eigenvalue weighted by Crippen LogP contribution is -2.45. The Kier molecular flexibility index (Phi) is 16.8. The number of unbranched alkanes of at least 4 members (excludes halogenated alkanes) is 3. The molecule has 11 nitrogen and oxygen atoms in total. The van der Waals surface area contributed by atoms with E-state index >= 15 is 0 Å². The van der Waals surface area contributed by atoms with E-state index in [2.05, 4.69) is 6.92 Å². The molecule has 12 heteroatoms. The van der Waals surface area contributed by atoms with Crippen LogP contribution < -0.4 is 5.73 Å². The summed E-state index contributed by atoms with van der Waals surface area (Å²) >= 11 is 0. The summed E-state index contributed by atoms with van der Waals surface area (Å²) in [6.45, 7) is 3.99. The molecule has 0 radical (unpaired) electrons. The van der Waals surface area contributed by atoms with Crippen LogP contribution in [0.4, 0.5) is 0 Å². The fourth-order valence-electron chi connectivity index (χ4n) is 5.59. The van der Waals surface area contributed by atoms with Gasteiger partial charge in [-0.15, -0.1) is 0 Å². The molecule has 0 aromatic carbocycles. The number of carbonyl (C=O) groups excluding carboxylic acids is 2. The molecule has 7 unspecified atom stereocenters. The largest absolute Gasteiger partial charge is 0.469 e. The van der Waals surface area contributed by atoms with Gasteiger partial charge in [-0.05, 0) is 63.5 Å². The van der Waals surface area contributed by atoms with E-state index in [0.29, 0.717) is 12.8 Å². The van der Waals surface area contributed by atoms with E-state index in [9.17, 15) is 34.2 Å². The molecule has 1 aliphatic carbocycles. The summed E-state index contributed by atoms with van der Waals surface area (Å²) in [6, 6.07) is 0. The Hall–Kier alpha value is -2.11. The second kappa shape index (κ2) is 19.4. The van der Waals surface area contributed by atoms with Crippen LogP contribution in [-0.2, 0) is 28.2 Å². The molecule has 0 saturated heterocycles. The average Bonchev–Trinajstić information content (AvgIpc) is 2.96. The van der Waals surface area contributed by atoms with E-state index in [1.54, 1.807) is 18.2 Å². The molecule has 1 heterocycles. The van der Waals surface area contributed by atoms with Gasteiger partial charge < -0.3 is 35.2 Å². The number of allylic oxidation sites excluding steroid dienone is 3. The van der Waals surface area contributed by atoms with Gasteiger partial charge in [-0.2, -0.15) is 0 Å². The van der Waals surface area contributed by atoms with Crippen LogP contribution in [0, 0.1) is 11.8 Å². The van der Waals surface area contributed by atoms with E-state index in [1.165, 1.54) is 24.3 Å². The summed E-state index contributed by atoms with van der Waals surface area (Å²) < 4.78 is 27.8. The van der Waals surface area contributed by atoms with Crippen molar-refractivity contribution in [1.82, 2.24) is 0 Å². The summed E-state index contributed by atoms with van der Waals surface area (Å²) in [5.41, 5.74) is 3.74. The van der Waals surface area contributed by atoms with Crippen molar-refractivity contribution < 1.29 is 48.2 Å². The van der Waals surface area contributed by atoms with Crippen LogP contribution in [0.5, 0.6) is 0 Å². The molecule has 2 rings (SSSR count). The molecule has 0 bridgehead atoms. The van der Waals surface area contributed by atoms with E-state index in [4.69, 9.17) is 19.7 Å². The van der Waals surface area contributed by atoms with Gasteiger partial charge in [0.05, 0.1) is 6.10 Å². The average molecular weight is 642 g/mol. The second-order valence-corrected chi connectivity index (χ2v) is 12.9. The summed E-state index contributed by atoms with van der Waals surface area (Å²) in [5, 5.41) is 22.2. The number of esters is 2. The fraction of sp³-hybridized carbons (Fsp3) is 0.688. The number of hydrogen-bond acceptors (Lipinski definition) is 9. The number of cyclic esters (lactones) is 1. The normalized spacial score (nSPS) is 25.8. The van der Waals surface area contributed by atoms with E-state index in [0.717, 1.165) is 51.4 Å². The van der Waals surface area contributed by atoms with Gasteiger partial charge >= 0.3 is 19.8 Å². The highest BCUT2D eigenvalue weighted by atomic mass is 31.2. The van der Waals surface area contributed by atoms with E-state index in [-0.39, 0.29) is 43.3 Å². The Morgan fingerprint density at radius 3 is 2.66 bits per heavy atom. The number of phosphoric acid groups is 1. The van der Waals surface area contributed by atoms with Gasteiger partial charge in [-0.1, -0.05) is 69.6 Å². The molecule has 7 atom stereocenters. The molecule has 1 fully saturated rings. The predicted octanol–water partition coefficient (Wildman–Crippen LogP) is 4.54. The van der Waals surface area contributed by atoms with Crippen LogP contribution in [0.25, 0.3) is 0 Å². The van der Waals surface area contributed by atoms with Crippen molar-refractivity contribution in [1.29, 1.82) is 0 Å². The number of carbonyl (C=O) groups is 2. The summed E-state index contributed by atoms with van der Waals surface area (Å²) in [4.78, 5) is 43.1. The molecule has 0 amide bonds. The maximum atomic E-state index is 12.2. The number of ether oxygens (including phenoxy) is 2. The SMILES string of the molecule is CCCCCCC(=O)OC1CCCC(C=CC=CC(O)CC(OP(=O)(O)O)C(O)(C=CC2OC(=O)C=CC2CC)CCN)C1. The molecule has 0 spiro atoms. The first-order valence-electron chi connectivity index (χ1n) is 15.9. The Balaban J connectivity index is 2.02. The highest BCUT2D eigenvalue weighted by Gasteiger charge is 2.40. The second-order valence-electron chi connectivity index (χ2n) is 11.7. The maximum Gasteiger partial charge on any atom is 0.469 e. The van der Waals surface area contributed by atoms with Gasteiger partial charge in [0.15, 0.2) is 0 Å². The summed E-state index contributed by atoms with van der Waals surface area (Å²) in [5.74, 6) is -0.609. The number of phosphoric ester groups is 1. The monoisotopic (exact) mass is 641 g/mol. The molecule has 0 aromatic rings. The first-order valence-corrected chi connectivity index (χ1v) is 17.4. The van der Waals surface area contributed by atoms with Crippen LogP contribution >= 0.6 is 7.82 Å². The highest BCUT2D eigenvalue weighted by molar-refractivity contribution is 7.46. The lowest BCUT2D eigenvalue weighted by Gasteiger charge is -2.35. The minimum absolute atomic E-state index is 0.0470. The van der Waals surface area contributed by atoms with E-state index in [1.807, 2.05) is 13.0 Å². The van der Waals surface area contributed by atoms with Crippen molar-refractivity contribution in [3.63, 3.8) is 0 Å². The zero-order valence-corrected chi connectivity index (χ0v) is 26.9. The van der Waals surface area contributed by atoms with E-state index < -0.39 is 37.7 Å². The Labute approximate surface area is 261 Å².